The lowest BCUT2D eigenvalue weighted by molar-refractivity contribution is -0.384. The SMILES string of the molecule is O=C(O)CC[C@@H](C(=O)O)N1C(=O)CC(=O)N(C(CCCCNC(=O)OCc2ccc([N+](=O)[O-])cc2)C(=O)O)C1=O. The van der Waals surface area contributed by atoms with Crippen LogP contribution in [0.5, 0.6) is 0 Å². The van der Waals surface area contributed by atoms with Crippen molar-refractivity contribution in [2.24, 2.45) is 0 Å². The minimum Gasteiger partial charge on any atom is -0.481 e. The second-order valence-corrected chi connectivity index (χ2v) is 8.55. The van der Waals surface area contributed by atoms with E-state index in [9.17, 15) is 53.9 Å². The van der Waals surface area contributed by atoms with E-state index in [1.54, 1.807) is 0 Å². The largest absolute Gasteiger partial charge is 0.481 e. The number of non-ortho nitro benzene ring substituents is 1. The second kappa shape index (κ2) is 14.2. The zero-order valence-corrected chi connectivity index (χ0v) is 20.9. The van der Waals surface area contributed by atoms with Gasteiger partial charge in [-0.1, -0.05) is 0 Å². The molecule has 1 aliphatic rings. The normalized spacial score (nSPS) is 14.8. The fraction of sp³-hybridized carbons (Fsp3) is 0.435. The molecule has 40 heavy (non-hydrogen) atoms. The molecule has 5 amide bonds. The first-order valence-electron chi connectivity index (χ1n) is 11.8. The van der Waals surface area contributed by atoms with Crippen molar-refractivity contribution in [2.75, 3.05) is 6.54 Å². The summed E-state index contributed by atoms with van der Waals surface area (Å²) < 4.78 is 4.98. The van der Waals surface area contributed by atoms with Crippen LogP contribution in [0.2, 0.25) is 0 Å². The number of alkyl carbamates (subject to hydrolysis) is 1. The molecule has 0 spiro atoms. The van der Waals surface area contributed by atoms with Crippen molar-refractivity contribution in [1.82, 2.24) is 15.1 Å². The molecule has 0 bridgehead atoms. The zero-order valence-electron chi connectivity index (χ0n) is 20.9. The summed E-state index contributed by atoms with van der Waals surface area (Å²) >= 11 is 0. The predicted octanol–water partition coefficient (Wildman–Crippen LogP) is 0.943. The number of nitrogens with one attached hydrogen (secondary N) is 1. The van der Waals surface area contributed by atoms with Gasteiger partial charge in [0.15, 0.2) is 0 Å². The number of nitrogens with zero attached hydrogens (tertiary/aromatic N) is 3. The van der Waals surface area contributed by atoms with Crippen LogP contribution in [0, 0.1) is 10.1 Å². The van der Waals surface area contributed by atoms with Crippen LogP contribution >= 0.6 is 0 Å². The summed E-state index contributed by atoms with van der Waals surface area (Å²) in [6.07, 6.45) is -3.17. The van der Waals surface area contributed by atoms with E-state index in [2.05, 4.69) is 5.32 Å². The van der Waals surface area contributed by atoms with Gasteiger partial charge in [0.05, 0.1) is 4.92 Å². The van der Waals surface area contributed by atoms with E-state index >= 15 is 0 Å². The standard InChI is InChI=1S/C23H26N4O13/c28-17-11-18(29)26(16(21(34)35)8-9-19(30)31)23(37)25(17)15(20(32)33)3-1-2-10-24-22(36)40-12-13-4-6-14(7-5-13)27(38)39/h4-7,15-16H,1-3,8-12H2,(H,24,36)(H,30,31)(H,32,33)(H,34,35)/t15?,16-/m0/s1. The van der Waals surface area contributed by atoms with Crippen LogP contribution in [0.3, 0.4) is 0 Å². The van der Waals surface area contributed by atoms with E-state index in [1.165, 1.54) is 24.3 Å². The Kier molecular flexibility index (Phi) is 11.0. The van der Waals surface area contributed by atoms with Gasteiger partial charge in [0.2, 0.25) is 11.8 Å². The number of unbranched alkanes of at least 4 members (excludes halogenated alkanes) is 1. The number of rotatable bonds is 15. The molecule has 1 heterocycles. The van der Waals surface area contributed by atoms with Gasteiger partial charge in [-0.3, -0.25) is 24.5 Å². The third-order valence-corrected chi connectivity index (χ3v) is 5.77. The number of nitro groups is 1. The molecule has 0 saturated carbocycles. The third kappa shape index (κ3) is 8.47. The Bertz CT molecular complexity index is 1180. The van der Waals surface area contributed by atoms with Crippen molar-refractivity contribution < 1.29 is 58.5 Å². The van der Waals surface area contributed by atoms with Crippen molar-refractivity contribution in [3.63, 3.8) is 0 Å². The number of carboxylic acid groups (broad SMARTS) is 3. The maximum absolute atomic E-state index is 12.9. The highest BCUT2D eigenvalue weighted by atomic mass is 16.6. The van der Waals surface area contributed by atoms with E-state index in [-0.39, 0.29) is 47.9 Å². The van der Waals surface area contributed by atoms with Crippen LogP contribution in [-0.4, -0.2) is 90.5 Å². The Morgan fingerprint density at radius 1 is 0.925 bits per heavy atom. The van der Waals surface area contributed by atoms with Gasteiger partial charge in [-0.05, 0) is 43.4 Å². The number of carbonyl (C=O) groups excluding carboxylic acids is 4. The van der Waals surface area contributed by atoms with Crippen LogP contribution in [0.4, 0.5) is 15.3 Å². The quantitative estimate of drug-likeness (QED) is 0.0999. The first-order chi connectivity index (χ1) is 18.8. The highest BCUT2D eigenvalue weighted by Crippen LogP contribution is 2.23. The number of benzene rings is 1. The molecular formula is C23H26N4O13. The average molecular weight is 566 g/mol. The molecule has 1 saturated heterocycles. The molecule has 1 aliphatic heterocycles. The van der Waals surface area contributed by atoms with Gasteiger partial charge in [0.25, 0.3) is 5.69 Å². The molecule has 0 aromatic heterocycles. The maximum atomic E-state index is 12.9. The average Bonchev–Trinajstić information content (AvgIpc) is 2.87. The van der Waals surface area contributed by atoms with Crippen LogP contribution in [0.15, 0.2) is 24.3 Å². The summed E-state index contributed by atoms with van der Waals surface area (Å²) in [6, 6.07) is 0.196. The summed E-state index contributed by atoms with van der Waals surface area (Å²) in [4.78, 5) is 94.5. The summed E-state index contributed by atoms with van der Waals surface area (Å²) in [5, 5.41) is 41.0. The van der Waals surface area contributed by atoms with Gasteiger partial charge in [-0.2, -0.15) is 0 Å². The van der Waals surface area contributed by atoms with Crippen molar-refractivity contribution in [2.45, 2.75) is 57.2 Å². The van der Waals surface area contributed by atoms with E-state index in [4.69, 9.17) is 9.84 Å². The summed E-state index contributed by atoms with van der Waals surface area (Å²) in [5.41, 5.74) is 0.376. The lowest BCUT2D eigenvalue weighted by Crippen LogP contribution is -2.63. The van der Waals surface area contributed by atoms with E-state index in [1.807, 2.05) is 0 Å². The number of ether oxygens (including phenoxy) is 1. The Labute approximate surface area is 225 Å². The lowest BCUT2D eigenvalue weighted by atomic mass is 10.0. The van der Waals surface area contributed by atoms with Crippen molar-refractivity contribution in [1.29, 1.82) is 0 Å². The summed E-state index contributed by atoms with van der Waals surface area (Å²) in [7, 11) is 0. The molecule has 1 unspecified atom stereocenters. The summed E-state index contributed by atoms with van der Waals surface area (Å²) in [5.74, 6) is -7.01. The third-order valence-electron chi connectivity index (χ3n) is 5.77. The molecule has 4 N–H and O–H groups in total. The topological polar surface area (TPSA) is 251 Å². The van der Waals surface area contributed by atoms with Crippen molar-refractivity contribution >= 4 is 47.5 Å². The number of barbiturate groups is 1. The predicted molar refractivity (Wildman–Crippen MR) is 129 cm³/mol. The molecule has 1 aromatic rings. The molecule has 17 heteroatoms. The lowest BCUT2D eigenvalue weighted by Gasteiger charge is -2.38. The number of carbonyl (C=O) groups is 7. The Balaban J connectivity index is 1.92. The fourth-order valence-electron chi connectivity index (χ4n) is 3.80. The van der Waals surface area contributed by atoms with Crippen LogP contribution in [0.1, 0.15) is 44.1 Å². The van der Waals surface area contributed by atoms with Gasteiger partial charge in [0.1, 0.15) is 25.1 Å². The molecule has 1 fully saturated rings. The van der Waals surface area contributed by atoms with Crippen molar-refractivity contribution in [3.05, 3.63) is 39.9 Å². The second-order valence-electron chi connectivity index (χ2n) is 8.55. The Morgan fingerprint density at radius 2 is 1.48 bits per heavy atom. The zero-order chi connectivity index (χ0) is 30.0. The van der Waals surface area contributed by atoms with Gasteiger partial charge in [-0.25, -0.2) is 29.0 Å². The Morgan fingerprint density at radius 3 is 1.98 bits per heavy atom. The molecule has 0 aliphatic carbocycles. The van der Waals surface area contributed by atoms with Crippen LogP contribution < -0.4 is 5.32 Å². The number of amides is 5. The molecule has 17 nitrogen and oxygen atoms in total. The van der Waals surface area contributed by atoms with Gasteiger partial charge >= 0.3 is 30.0 Å². The van der Waals surface area contributed by atoms with Crippen molar-refractivity contribution in [3.8, 4) is 0 Å². The number of carboxylic acids is 3. The monoisotopic (exact) mass is 566 g/mol. The van der Waals surface area contributed by atoms with E-state index in [0.29, 0.717) is 5.56 Å². The number of aliphatic carboxylic acids is 3. The maximum Gasteiger partial charge on any atom is 0.407 e. The molecule has 1 aromatic carbocycles. The minimum atomic E-state index is -1.91. The van der Waals surface area contributed by atoms with Crippen LogP contribution in [0.25, 0.3) is 0 Å². The smallest absolute Gasteiger partial charge is 0.407 e. The number of hydrogen-bond donors (Lipinski definition) is 4. The number of imide groups is 2. The number of hydrogen-bond acceptors (Lipinski definition) is 10. The molecule has 216 valence electrons. The molecular weight excluding hydrogens is 540 g/mol. The molecule has 2 rings (SSSR count). The Hall–Kier alpha value is -5.09. The van der Waals surface area contributed by atoms with Gasteiger partial charge in [0, 0.05) is 25.1 Å². The van der Waals surface area contributed by atoms with Crippen LogP contribution in [-0.2, 0) is 35.3 Å². The molecule has 0 radical (unpaired) electrons. The first-order valence-corrected chi connectivity index (χ1v) is 11.8. The molecule has 2 atom stereocenters. The van der Waals surface area contributed by atoms with E-state index in [0.717, 1.165) is 0 Å². The van der Waals surface area contributed by atoms with Gasteiger partial charge < -0.3 is 25.4 Å². The number of nitro benzene ring substituents is 1. The first kappa shape index (κ1) is 31.1. The minimum absolute atomic E-state index is 0.0220. The van der Waals surface area contributed by atoms with Gasteiger partial charge in [-0.15, -0.1) is 0 Å². The highest BCUT2D eigenvalue weighted by Gasteiger charge is 2.48. The number of urea groups is 1. The van der Waals surface area contributed by atoms with E-state index < -0.39 is 78.1 Å². The fourth-order valence-corrected chi connectivity index (χ4v) is 3.80. The highest BCUT2D eigenvalue weighted by molar-refractivity contribution is 6.16. The summed E-state index contributed by atoms with van der Waals surface area (Å²) in [6.45, 7) is -0.142.